The third-order valence-corrected chi connectivity index (χ3v) is 3.66. The van der Waals surface area contributed by atoms with E-state index in [1.165, 1.54) is 6.07 Å². The Balaban J connectivity index is 1.74. The van der Waals surface area contributed by atoms with Crippen LogP contribution < -0.4 is 5.32 Å². The average Bonchev–Trinajstić information content (AvgIpc) is 2.91. The molecule has 1 unspecified atom stereocenters. The van der Waals surface area contributed by atoms with Crippen LogP contribution in [0.25, 0.3) is 0 Å². The molecule has 0 bridgehead atoms. The van der Waals surface area contributed by atoms with Crippen molar-refractivity contribution in [3.63, 3.8) is 0 Å². The van der Waals surface area contributed by atoms with Crippen molar-refractivity contribution < 1.29 is 14.0 Å². The standard InChI is InChI=1S/C17H16FN3O2/c1-11-6-5-9-15(19-11)20-16(22)17(2)10-14(21-23-17)12-7-3-4-8-13(12)18/h3-9H,10H2,1-2H3,(H,19,20,22). The molecular weight excluding hydrogens is 297 g/mol. The second-order valence-electron chi connectivity index (χ2n) is 5.64. The number of carbonyl (C=O) groups is 1. The van der Waals surface area contributed by atoms with Gasteiger partial charge >= 0.3 is 0 Å². The number of aromatic nitrogens is 1. The summed E-state index contributed by atoms with van der Waals surface area (Å²) in [4.78, 5) is 22.0. The normalized spacial score (nSPS) is 19.9. The predicted molar refractivity (Wildman–Crippen MR) is 84.6 cm³/mol. The molecule has 0 fully saturated rings. The van der Waals surface area contributed by atoms with Crippen LogP contribution in [0, 0.1) is 12.7 Å². The lowest BCUT2D eigenvalue weighted by Crippen LogP contribution is -2.40. The Labute approximate surface area is 133 Å². The summed E-state index contributed by atoms with van der Waals surface area (Å²) in [7, 11) is 0. The first-order valence-corrected chi connectivity index (χ1v) is 7.23. The number of anilines is 1. The molecule has 0 saturated carbocycles. The third-order valence-electron chi connectivity index (χ3n) is 3.66. The van der Waals surface area contributed by atoms with Gasteiger partial charge in [0.15, 0.2) is 0 Å². The summed E-state index contributed by atoms with van der Waals surface area (Å²) in [6.07, 6.45) is 0.186. The summed E-state index contributed by atoms with van der Waals surface area (Å²) in [5.41, 5.74) is 0.363. The first kappa shape index (κ1) is 15.1. The monoisotopic (exact) mass is 313 g/mol. The summed E-state index contributed by atoms with van der Waals surface area (Å²) < 4.78 is 13.8. The van der Waals surface area contributed by atoms with Crippen molar-refractivity contribution in [3.05, 3.63) is 59.5 Å². The molecule has 5 nitrogen and oxygen atoms in total. The highest BCUT2D eigenvalue weighted by Crippen LogP contribution is 2.28. The van der Waals surface area contributed by atoms with E-state index in [4.69, 9.17) is 4.84 Å². The molecular formula is C17H16FN3O2. The van der Waals surface area contributed by atoms with Crippen LogP contribution in [0.5, 0.6) is 0 Å². The number of hydrogen-bond donors (Lipinski definition) is 1. The lowest BCUT2D eigenvalue weighted by atomic mass is 9.95. The molecule has 2 aromatic rings. The number of hydrogen-bond acceptors (Lipinski definition) is 4. The summed E-state index contributed by atoms with van der Waals surface area (Å²) in [5.74, 6) is -0.315. The molecule has 2 heterocycles. The maximum Gasteiger partial charge on any atom is 0.272 e. The Hall–Kier alpha value is -2.76. The highest BCUT2D eigenvalue weighted by molar-refractivity contribution is 6.07. The van der Waals surface area contributed by atoms with Gasteiger partial charge in [-0.2, -0.15) is 0 Å². The zero-order valence-corrected chi connectivity index (χ0v) is 12.8. The quantitative estimate of drug-likeness (QED) is 0.947. The van der Waals surface area contributed by atoms with Gasteiger partial charge in [0.25, 0.3) is 5.91 Å². The van der Waals surface area contributed by atoms with Gasteiger partial charge in [0.1, 0.15) is 11.6 Å². The highest BCUT2D eigenvalue weighted by atomic mass is 19.1. The predicted octanol–water partition coefficient (Wildman–Crippen LogP) is 3.05. The second kappa shape index (κ2) is 5.79. The first-order valence-electron chi connectivity index (χ1n) is 7.23. The van der Waals surface area contributed by atoms with Gasteiger partial charge in [-0.1, -0.05) is 29.4 Å². The zero-order valence-electron chi connectivity index (χ0n) is 12.8. The second-order valence-corrected chi connectivity index (χ2v) is 5.64. The molecule has 23 heavy (non-hydrogen) atoms. The van der Waals surface area contributed by atoms with E-state index in [0.29, 0.717) is 17.1 Å². The zero-order chi connectivity index (χ0) is 16.4. The molecule has 118 valence electrons. The van der Waals surface area contributed by atoms with Crippen molar-refractivity contribution in [1.29, 1.82) is 0 Å². The Morgan fingerprint density at radius 1 is 1.26 bits per heavy atom. The minimum absolute atomic E-state index is 0.186. The molecule has 3 rings (SSSR count). The fourth-order valence-electron chi connectivity index (χ4n) is 2.36. The minimum atomic E-state index is -1.19. The van der Waals surface area contributed by atoms with Crippen molar-refractivity contribution in [2.45, 2.75) is 25.9 Å². The van der Waals surface area contributed by atoms with E-state index in [1.54, 1.807) is 37.3 Å². The van der Waals surface area contributed by atoms with Gasteiger partial charge in [0.2, 0.25) is 5.60 Å². The number of nitrogens with one attached hydrogen (secondary N) is 1. The van der Waals surface area contributed by atoms with Gasteiger partial charge in [-0.05, 0) is 32.0 Å². The number of oxime groups is 1. The molecule has 1 aliphatic heterocycles. The van der Waals surface area contributed by atoms with Crippen LogP contribution >= 0.6 is 0 Å². The van der Waals surface area contributed by atoms with Gasteiger partial charge in [-0.15, -0.1) is 0 Å². The van der Waals surface area contributed by atoms with E-state index in [2.05, 4.69) is 15.5 Å². The van der Waals surface area contributed by atoms with Crippen molar-refractivity contribution in [3.8, 4) is 0 Å². The summed E-state index contributed by atoms with van der Waals surface area (Å²) in [6.45, 7) is 3.46. The van der Waals surface area contributed by atoms with Crippen molar-refractivity contribution in [2.24, 2.45) is 5.16 Å². The third kappa shape index (κ3) is 3.06. The van der Waals surface area contributed by atoms with Crippen molar-refractivity contribution in [1.82, 2.24) is 4.98 Å². The van der Waals surface area contributed by atoms with E-state index >= 15 is 0 Å². The van der Waals surface area contributed by atoms with Crippen LogP contribution in [-0.2, 0) is 9.63 Å². The smallest absolute Gasteiger partial charge is 0.272 e. The molecule has 6 heteroatoms. The van der Waals surface area contributed by atoms with Crippen LogP contribution in [0.2, 0.25) is 0 Å². The number of carbonyl (C=O) groups excluding carboxylic acids is 1. The summed E-state index contributed by atoms with van der Waals surface area (Å²) in [6, 6.07) is 11.6. The average molecular weight is 313 g/mol. The van der Waals surface area contributed by atoms with Crippen molar-refractivity contribution in [2.75, 3.05) is 5.32 Å². The first-order chi connectivity index (χ1) is 11.0. The minimum Gasteiger partial charge on any atom is -0.379 e. The SMILES string of the molecule is Cc1cccc(NC(=O)C2(C)CC(c3ccccc3F)=NO2)n1. The molecule has 1 atom stereocenters. The lowest BCUT2D eigenvalue weighted by Gasteiger charge is -2.20. The van der Waals surface area contributed by atoms with Gasteiger partial charge in [0.05, 0.1) is 5.71 Å². The highest BCUT2D eigenvalue weighted by Gasteiger charge is 2.42. The largest absolute Gasteiger partial charge is 0.379 e. The van der Waals surface area contributed by atoms with E-state index < -0.39 is 5.60 Å². The van der Waals surface area contributed by atoms with Crippen LogP contribution in [0.15, 0.2) is 47.6 Å². The maximum atomic E-state index is 13.8. The molecule has 0 saturated heterocycles. The molecule has 1 amide bonds. The molecule has 1 aromatic carbocycles. The summed E-state index contributed by atoms with van der Waals surface area (Å²) >= 11 is 0. The van der Waals surface area contributed by atoms with Gasteiger partial charge in [0, 0.05) is 17.7 Å². The number of aryl methyl sites for hydroxylation is 1. The molecule has 0 radical (unpaired) electrons. The van der Waals surface area contributed by atoms with E-state index in [9.17, 15) is 9.18 Å². The Morgan fingerprint density at radius 3 is 2.78 bits per heavy atom. The number of pyridine rings is 1. The van der Waals surface area contributed by atoms with Gasteiger partial charge in [-0.25, -0.2) is 9.37 Å². The van der Waals surface area contributed by atoms with E-state index in [1.807, 2.05) is 13.0 Å². The molecule has 0 aliphatic carbocycles. The van der Waals surface area contributed by atoms with Crippen molar-refractivity contribution >= 4 is 17.4 Å². The molecule has 0 spiro atoms. The number of amides is 1. The number of benzene rings is 1. The Kier molecular flexibility index (Phi) is 3.82. The van der Waals surface area contributed by atoms with Crippen LogP contribution in [0.3, 0.4) is 0 Å². The maximum absolute atomic E-state index is 13.8. The number of nitrogens with zero attached hydrogens (tertiary/aromatic N) is 2. The number of rotatable bonds is 3. The summed E-state index contributed by atoms with van der Waals surface area (Å²) in [5, 5.41) is 6.61. The van der Waals surface area contributed by atoms with E-state index in [0.717, 1.165) is 5.69 Å². The lowest BCUT2D eigenvalue weighted by molar-refractivity contribution is -0.135. The van der Waals surface area contributed by atoms with E-state index in [-0.39, 0.29) is 18.1 Å². The fraction of sp³-hybridized carbons (Fsp3) is 0.235. The Morgan fingerprint density at radius 2 is 2.04 bits per heavy atom. The van der Waals surface area contributed by atoms with Gasteiger partial charge in [-0.3, -0.25) is 4.79 Å². The molecule has 1 aliphatic rings. The topological polar surface area (TPSA) is 63.6 Å². The molecule has 1 aromatic heterocycles. The molecule has 1 N–H and O–H groups in total. The fourth-order valence-corrected chi connectivity index (χ4v) is 2.36. The number of halogens is 1. The van der Waals surface area contributed by atoms with Gasteiger partial charge < -0.3 is 10.2 Å². The Bertz CT molecular complexity index is 791. The van der Waals surface area contributed by atoms with Crippen LogP contribution in [0.1, 0.15) is 24.6 Å². The van der Waals surface area contributed by atoms with Crippen LogP contribution in [0.4, 0.5) is 10.2 Å². The van der Waals surface area contributed by atoms with Crippen LogP contribution in [-0.4, -0.2) is 22.2 Å².